The summed E-state index contributed by atoms with van der Waals surface area (Å²) in [5.41, 5.74) is 3.10. The van der Waals surface area contributed by atoms with Crippen LogP contribution in [0.2, 0.25) is 5.02 Å². The summed E-state index contributed by atoms with van der Waals surface area (Å²) < 4.78 is 10.8. The molecule has 0 atom stereocenters. The number of phenols is 2. The van der Waals surface area contributed by atoms with Gasteiger partial charge in [-0.05, 0) is 49.7 Å². The van der Waals surface area contributed by atoms with Crippen LogP contribution in [0.1, 0.15) is 29.8 Å². The summed E-state index contributed by atoms with van der Waals surface area (Å²) in [6.45, 7) is 3.78. The third-order valence-electron chi connectivity index (χ3n) is 3.23. The van der Waals surface area contributed by atoms with Gasteiger partial charge in [0.1, 0.15) is 0 Å². The summed E-state index contributed by atoms with van der Waals surface area (Å²) in [4.78, 5) is 12.2. The van der Waals surface area contributed by atoms with Crippen molar-refractivity contribution in [3.8, 4) is 23.0 Å². The van der Waals surface area contributed by atoms with Crippen molar-refractivity contribution in [3.63, 3.8) is 0 Å². The lowest BCUT2D eigenvalue weighted by atomic mass is 10.2. The molecule has 0 radical (unpaired) electrons. The molecule has 0 aromatic heterocycles. The fourth-order valence-electron chi connectivity index (χ4n) is 2.07. The first kappa shape index (κ1) is 19.4. The van der Waals surface area contributed by atoms with Crippen molar-refractivity contribution in [3.05, 3.63) is 46.5 Å². The molecular formula is C18H19ClN2O5. The van der Waals surface area contributed by atoms with Gasteiger partial charge in [-0.15, -0.1) is 0 Å². The first-order valence-electron chi connectivity index (χ1n) is 7.71. The van der Waals surface area contributed by atoms with Gasteiger partial charge in [0.25, 0.3) is 5.91 Å². The van der Waals surface area contributed by atoms with E-state index in [9.17, 15) is 15.0 Å². The molecule has 8 heteroatoms. The number of nitrogens with one attached hydrogen (secondary N) is 1. The zero-order valence-electron chi connectivity index (χ0n) is 14.5. The third kappa shape index (κ3) is 4.80. The molecule has 3 N–H and O–H groups in total. The first-order valence-corrected chi connectivity index (χ1v) is 8.09. The lowest BCUT2D eigenvalue weighted by molar-refractivity contribution is 0.0954. The summed E-state index contributed by atoms with van der Waals surface area (Å²) in [6, 6.07) is 7.45. The van der Waals surface area contributed by atoms with E-state index in [1.165, 1.54) is 25.5 Å². The van der Waals surface area contributed by atoms with E-state index in [1.54, 1.807) is 18.2 Å². The number of aromatic hydroxyl groups is 2. The average Bonchev–Trinajstić information content (AvgIpc) is 2.59. The van der Waals surface area contributed by atoms with E-state index in [-0.39, 0.29) is 16.9 Å². The fourth-order valence-corrected chi connectivity index (χ4v) is 2.29. The average molecular weight is 379 g/mol. The Morgan fingerprint density at radius 2 is 1.96 bits per heavy atom. The molecule has 138 valence electrons. The Morgan fingerprint density at radius 3 is 2.58 bits per heavy atom. The Labute approximate surface area is 155 Å². The van der Waals surface area contributed by atoms with Crippen LogP contribution in [0.15, 0.2) is 35.4 Å². The van der Waals surface area contributed by atoms with Crippen molar-refractivity contribution >= 4 is 23.7 Å². The Kier molecular flexibility index (Phi) is 6.30. The highest BCUT2D eigenvalue weighted by Gasteiger charge is 2.12. The van der Waals surface area contributed by atoms with Gasteiger partial charge in [0, 0.05) is 5.56 Å². The number of nitrogens with zero attached hydrogens (tertiary/aromatic N) is 1. The number of hydrazone groups is 1. The standard InChI is InChI=1S/C18H19ClN2O5/c1-10(2)26-15-5-4-12(8-16(15)25-3)18(24)21-20-9-11-6-13(19)17(23)14(22)7-11/h4-10,22-23H,1-3H3,(H,21,24)/b20-9+. The monoisotopic (exact) mass is 378 g/mol. The number of benzene rings is 2. The molecule has 1 amide bonds. The molecule has 7 nitrogen and oxygen atoms in total. The third-order valence-corrected chi connectivity index (χ3v) is 3.52. The highest BCUT2D eigenvalue weighted by atomic mass is 35.5. The fraction of sp³-hybridized carbons (Fsp3) is 0.222. The molecule has 0 aliphatic carbocycles. The van der Waals surface area contributed by atoms with E-state index < -0.39 is 11.7 Å². The van der Waals surface area contributed by atoms with Crippen molar-refractivity contribution in [2.75, 3.05) is 7.11 Å². The molecule has 2 aromatic carbocycles. The SMILES string of the molecule is COc1cc(C(=O)N/N=C/c2cc(O)c(O)c(Cl)c2)ccc1OC(C)C. The van der Waals surface area contributed by atoms with Gasteiger partial charge < -0.3 is 19.7 Å². The number of halogens is 1. The number of methoxy groups -OCH3 is 1. The second-order valence-electron chi connectivity index (χ2n) is 5.60. The van der Waals surface area contributed by atoms with Gasteiger partial charge in [-0.3, -0.25) is 4.79 Å². The zero-order chi connectivity index (χ0) is 19.3. The summed E-state index contributed by atoms with van der Waals surface area (Å²) in [5, 5.41) is 22.7. The molecule has 0 spiro atoms. The summed E-state index contributed by atoms with van der Waals surface area (Å²) >= 11 is 5.76. The minimum Gasteiger partial charge on any atom is -0.504 e. The zero-order valence-corrected chi connectivity index (χ0v) is 15.2. The first-order chi connectivity index (χ1) is 12.3. The number of ether oxygens (including phenoxy) is 2. The molecule has 0 bridgehead atoms. The van der Waals surface area contributed by atoms with Crippen LogP contribution in [-0.2, 0) is 0 Å². The molecule has 2 rings (SSSR count). The van der Waals surface area contributed by atoms with Crippen LogP contribution in [0.4, 0.5) is 0 Å². The minimum absolute atomic E-state index is 0.0248. The molecule has 0 aliphatic heterocycles. The number of hydrogen-bond donors (Lipinski definition) is 3. The number of rotatable bonds is 6. The highest BCUT2D eigenvalue weighted by molar-refractivity contribution is 6.32. The van der Waals surface area contributed by atoms with Crippen LogP contribution >= 0.6 is 11.6 Å². The predicted molar refractivity (Wildman–Crippen MR) is 98.6 cm³/mol. The van der Waals surface area contributed by atoms with Gasteiger partial charge in [-0.2, -0.15) is 5.10 Å². The molecule has 0 saturated carbocycles. The van der Waals surface area contributed by atoms with E-state index in [0.29, 0.717) is 22.6 Å². The normalized spacial score (nSPS) is 11.0. The molecule has 0 aliphatic rings. The van der Waals surface area contributed by atoms with E-state index >= 15 is 0 Å². The molecular weight excluding hydrogens is 360 g/mol. The molecule has 0 fully saturated rings. The second kappa shape index (κ2) is 8.44. The molecule has 0 saturated heterocycles. The van der Waals surface area contributed by atoms with Gasteiger partial charge >= 0.3 is 0 Å². The van der Waals surface area contributed by atoms with Crippen LogP contribution < -0.4 is 14.9 Å². The lowest BCUT2D eigenvalue weighted by Gasteiger charge is -2.14. The quantitative estimate of drug-likeness (QED) is 0.406. The maximum Gasteiger partial charge on any atom is 0.271 e. The maximum atomic E-state index is 12.2. The van der Waals surface area contributed by atoms with Crippen LogP contribution in [0.3, 0.4) is 0 Å². The maximum absolute atomic E-state index is 12.2. The van der Waals surface area contributed by atoms with Crippen molar-refractivity contribution in [2.24, 2.45) is 5.10 Å². The number of carbonyl (C=O) groups excluding carboxylic acids is 1. The Balaban J connectivity index is 2.10. The van der Waals surface area contributed by atoms with Gasteiger partial charge in [0.05, 0.1) is 24.5 Å². The molecule has 26 heavy (non-hydrogen) atoms. The summed E-state index contributed by atoms with van der Waals surface area (Å²) in [7, 11) is 1.49. The van der Waals surface area contributed by atoms with Crippen LogP contribution in [0.25, 0.3) is 0 Å². The molecule has 0 heterocycles. The minimum atomic E-state index is -0.454. The molecule has 2 aromatic rings. The van der Waals surface area contributed by atoms with Crippen LogP contribution in [0, 0.1) is 0 Å². The van der Waals surface area contributed by atoms with E-state index in [1.807, 2.05) is 13.8 Å². The topological polar surface area (TPSA) is 100 Å². The number of phenolic OH excluding ortho intramolecular Hbond substituents is 2. The summed E-state index contributed by atoms with van der Waals surface area (Å²) in [6.07, 6.45) is 1.26. The van der Waals surface area contributed by atoms with Crippen molar-refractivity contribution in [1.29, 1.82) is 0 Å². The van der Waals surface area contributed by atoms with Crippen molar-refractivity contribution in [1.82, 2.24) is 5.43 Å². The number of hydrogen-bond acceptors (Lipinski definition) is 6. The van der Waals surface area contributed by atoms with Crippen LogP contribution in [0.5, 0.6) is 23.0 Å². The Bertz CT molecular complexity index is 813. The van der Waals surface area contributed by atoms with Crippen molar-refractivity contribution < 1.29 is 24.5 Å². The van der Waals surface area contributed by atoms with Crippen LogP contribution in [-0.4, -0.2) is 35.5 Å². The van der Waals surface area contributed by atoms with Gasteiger partial charge in [-0.1, -0.05) is 11.6 Å². The van der Waals surface area contributed by atoms with Gasteiger partial charge in [0.2, 0.25) is 0 Å². The smallest absolute Gasteiger partial charge is 0.271 e. The lowest BCUT2D eigenvalue weighted by Crippen LogP contribution is -2.18. The van der Waals surface area contributed by atoms with E-state index in [2.05, 4.69) is 10.5 Å². The van der Waals surface area contributed by atoms with E-state index in [4.69, 9.17) is 21.1 Å². The highest BCUT2D eigenvalue weighted by Crippen LogP contribution is 2.33. The van der Waals surface area contributed by atoms with Gasteiger partial charge in [0.15, 0.2) is 23.0 Å². The van der Waals surface area contributed by atoms with Gasteiger partial charge in [-0.25, -0.2) is 5.43 Å². The van der Waals surface area contributed by atoms with E-state index in [0.717, 1.165) is 0 Å². The number of carbonyl (C=O) groups is 1. The number of amides is 1. The molecule has 0 unspecified atom stereocenters. The summed E-state index contributed by atoms with van der Waals surface area (Å²) in [5.74, 6) is -0.272. The largest absolute Gasteiger partial charge is 0.504 e. The Morgan fingerprint density at radius 1 is 1.23 bits per heavy atom. The second-order valence-corrected chi connectivity index (χ2v) is 6.01. The van der Waals surface area contributed by atoms with Crippen molar-refractivity contribution in [2.45, 2.75) is 20.0 Å². The Hall–Kier alpha value is -2.93. The predicted octanol–water partition coefficient (Wildman–Crippen LogP) is 3.31.